The lowest BCUT2D eigenvalue weighted by molar-refractivity contribution is -0.384. The maximum atomic E-state index is 13.4. The number of nitro groups is 1. The van der Waals surface area contributed by atoms with Crippen LogP contribution in [0.1, 0.15) is 32.4 Å². The van der Waals surface area contributed by atoms with Crippen LogP contribution in [0.5, 0.6) is 0 Å². The highest BCUT2D eigenvalue weighted by molar-refractivity contribution is 7.22. The van der Waals surface area contributed by atoms with Gasteiger partial charge in [-0.15, -0.1) is 11.3 Å². The lowest BCUT2D eigenvalue weighted by Gasteiger charge is -2.24. The van der Waals surface area contributed by atoms with Crippen LogP contribution in [0, 0.1) is 24.0 Å². The molecule has 0 spiro atoms. The molecular weight excluding hydrogens is 474 g/mol. The standard InChI is InChI=1S/C24H17N3O5S2/c1-12-9-13(2)19-17(10-12)34-24(25-19)26-20(14-5-3-6-15(11-14)27(31)32)18(22(29)23(26)30)21(28)16-7-4-8-33-16/h3-11,20,29H,1-2H3/t20-/m0/s1. The number of fused-ring (bicyclic) bond motifs is 1. The Morgan fingerprint density at radius 3 is 2.68 bits per heavy atom. The van der Waals surface area contributed by atoms with Gasteiger partial charge in [0.1, 0.15) is 0 Å². The average Bonchev–Trinajstić information content (AvgIpc) is 3.53. The minimum Gasteiger partial charge on any atom is -0.503 e. The van der Waals surface area contributed by atoms with Crippen molar-refractivity contribution >= 4 is 55.4 Å². The molecule has 10 heteroatoms. The molecule has 1 N–H and O–H groups in total. The Morgan fingerprint density at radius 1 is 1.18 bits per heavy atom. The summed E-state index contributed by atoms with van der Waals surface area (Å²) in [6, 6.07) is 11.9. The number of aliphatic hydroxyl groups excluding tert-OH is 1. The Kier molecular flexibility index (Phi) is 5.26. The maximum absolute atomic E-state index is 13.4. The van der Waals surface area contributed by atoms with Gasteiger partial charge < -0.3 is 5.11 Å². The number of thiophene rings is 1. The lowest BCUT2D eigenvalue weighted by atomic mass is 9.95. The molecule has 8 nitrogen and oxygen atoms in total. The summed E-state index contributed by atoms with van der Waals surface area (Å²) < 4.78 is 0.857. The summed E-state index contributed by atoms with van der Waals surface area (Å²) in [6.07, 6.45) is 0. The summed E-state index contributed by atoms with van der Waals surface area (Å²) in [5.41, 5.74) is 2.71. The van der Waals surface area contributed by atoms with Crippen molar-refractivity contribution in [2.24, 2.45) is 0 Å². The molecule has 0 unspecified atom stereocenters. The molecule has 1 aliphatic heterocycles. The predicted molar refractivity (Wildman–Crippen MR) is 131 cm³/mol. The van der Waals surface area contributed by atoms with Crippen LogP contribution in [0.4, 0.5) is 10.8 Å². The van der Waals surface area contributed by atoms with Crippen LogP contribution < -0.4 is 4.90 Å². The molecule has 1 amide bonds. The fraction of sp³-hybridized carbons (Fsp3) is 0.125. The Morgan fingerprint density at radius 2 is 1.97 bits per heavy atom. The number of anilines is 1. The predicted octanol–water partition coefficient (Wildman–Crippen LogP) is 5.67. The minimum atomic E-state index is -1.07. The topological polar surface area (TPSA) is 114 Å². The van der Waals surface area contributed by atoms with Crippen LogP contribution in [0.2, 0.25) is 0 Å². The number of thiazole rings is 1. The van der Waals surface area contributed by atoms with E-state index in [1.807, 2.05) is 26.0 Å². The van der Waals surface area contributed by atoms with E-state index in [-0.39, 0.29) is 11.3 Å². The molecule has 0 radical (unpaired) electrons. The molecule has 170 valence electrons. The molecule has 5 rings (SSSR count). The van der Waals surface area contributed by atoms with Gasteiger partial charge in [-0.3, -0.25) is 24.6 Å². The Hall–Kier alpha value is -3.89. The lowest BCUT2D eigenvalue weighted by Crippen LogP contribution is -2.31. The number of benzene rings is 2. The van der Waals surface area contributed by atoms with Crippen LogP contribution in [-0.2, 0) is 4.79 Å². The van der Waals surface area contributed by atoms with Crippen LogP contribution in [0.3, 0.4) is 0 Å². The van der Waals surface area contributed by atoms with Crippen LogP contribution in [0.25, 0.3) is 10.2 Å². The number of aryl methyl sites for hydroxylation is 2. The summed E-state index contributed by atoms with van der Waals surface area (Å²) in [7, 11) is 0. The number of hydrogen-bond donors (Lipinski definition) is 1. The van der Waals surface area contributed by atoms with Crippen molar-refractivity contribution in [1.29, 1.82) is 0 Å². The van der Waals surface area contributed by atoms with Gasteiger partial charge in [0.05, 0.1) is 31.6 Å². The zero-order valence-corrected chi connectivity index (χ0v) is 19.6. The Balaban J connectivity index is 1.72. The molecule has 1 aliphatic rings. The van der Waals surface area contributed by atoms with E-state index in [0.717, 1.165) is 15.8 Å². The number of carbonyl (C=O) groups is 2. The summed E-state index contributed by atoms with van der Waals surface area (Å²) in [5, 5.41) is 24.3. The molecule has 0 fully saturated rings. The fourth-order valence-electron chi connectivity index (χ4n) is 4.16. The van der Waals surface area contributed by atoms with E-state index in [1.165, 1.54) is 45.8 Å². The van der Waals surface area contributed by atoms with Crippen LogP contribution in [0.15, 0.2) is 65.2 Å². The van der Waals surface area contributed by atoms with E-state index >= 15 is 0 Å². The van der Waals surface area contributed by atoms with Gasteiger partial charge in [0.2, 0.25) is 5.78 Å². The first-order chi connectivity index (χ1) is 16.3. The van der Waals surface area contributed by atoms with Gasteiger partial charge in [-0.2, -0.15) is 0 Å². The van der Waals surface area contributed by atoms with E-state index in [4.69, 9.17) is 0 Å². The highest BCUT2D eigenvalue weighted by atomic mass is 32.1. The van der Waals surface area contributed by atoms with E-state index < -0.39 is 28.4 Å². The third-order valence-electron chi connectivity index (χ3n) is 5.62. The van der Waals surface area contributed by atoms with Crippen molar-refractivity contribution in [2.75, 3.05) is 4.90 Å². The second kappa shape index (κ2) is 8.15. The zero-order chi connectivity index (χ0) is 24.1. The van der Waals surface area contributed by atoms with E-state index in [9.17, 15) is 24.8 Å². The second-order valence-electron chi connectivity index (χ2n) is 7.92. The normalized spacial score (nSPS) is 16.0. The number of carbonyl (C=O) groups excluding carboxylic acids is 2. The maximum Gasteiger partial charge on any atom is 0.296 e. The first kappa shape index (κ1) is 21.9. The highest BCUT2D eigenvalue weighted by Crippen LogP contribution is 2.45. The van der Waals surface area contributed by atoms with Gasteiger partial charge >= 0.3 is 0 Å². The number of amides is 1. The van der Waals surface area contributed by atoms with Gasteiger partial charge in [-0.1, -0.05) is 35.6 Å². The van der Waals surface area contributed by atoms with Gasteiger partial charge in [-0.05, 0) is 48.1 Å². The summed E-state index contributed by atoms with van der Waals surface area (Å²) in [5.74, 6) is -1.96. The minimum absolute atomic E-state index is 0.125. The molecule has 2 aromatic carbocycles. The number of hydrogen-bond acceptors (Lipinski definition) is 8. The van der Waals surface area contributed by atoms with Crippen molar-refractivity contribution in [2.45, 2.75) is 19.9 Å². The van der Waals surface area contributed by atoms with E-state index in [1.54, 1.807) is 23.6 Å². The van der Waals surface area contributed by atoms with Crippen molar-refractivity contribution in [1.82, 2.24) is 4.98 Å². The zero-order valence-electron chi connectivity index (χ0n) is 18.0. The number of rotatable bonds is 5. The molecular formula is C24H17N3O5S2. The van der Waals surface area contributed by atoms with Crippen molar-refractivity contribution in [3.8, 4) is 0 Å². The number of Topliss-reactive ketones (excluding diaryl/α,β-unsaturated/α-hetero) is 1. The SMILES string of the molecule is Cc1cc(C)c2nc(N3C(=O)C(O)=C(C(=O)c4cccs4)[C@@H]3c3cccc([N+](=O)[O-])c3)sc2c1. The number of ketones is 1. The smallest absolute Gasteiger partial charge is 0.296 e. The number of nitrogens with zero attached hydrogens (tertiary/aromatic N) is 3. The highest BCUT2D eigenvalue weighted by Gasteiger charge is 2.46. The van der Waals surface area contributed by atoms with E-state index in [0.29, 0.717) is 21.1 Å². The molecule has 1 atom stereocenters. The van der Waals surface area contributed by atoms with Gasteiger partial charge in [0.15, 0.2) is 10.9 Å². The second-order valence-corrected chi connectivity index (χ2v) is 9.88. The Bertz CT molecular complexity index is 1520. The Labute approximate surface area is 201 Å². The van der Waals surface area contributed by atoms with Crippen molar-refractivity contribution < 1.29 is 19.6 Å². The van der Waals surface area contributed by atoms with Crippen molar-refractivity contribution in [3.63, 3.8) is 0 Å². The third-order valence-corrected chi connectivity index (χ3v) is 7.49. The number of non-ortho nitro benzene ring substituents is 1. The van der Waals surface area contributed by atoms with E-state index in [2.05, 4.69) is 4.98 Å². The quantitative estimate of drug-likeness (QED) is 0.219. The molecule has 0 bridgehead atoms. The number of aliphatic hydroxyl groups is 1. The monoisotopic (exact) mass is 491 g/mol. The van der Waals surface area contributed by atoms with Crippen LogP contribution in [-0.4, -0.2) is 26.7 Å². The molecule has 34 heavy (non-hydrogen) atoms. The summed E-state index contributed by atoms with van der Waals surface area (Å²) in [6.45, 7) is 3.88. The van der Waals surface area contributed by atoms with Crippen LogP contribution >= 0.6 is 22.7 Å². The number of aromatic nitrogens is 1. The summed E-state index contributed by atoms with van der Waals surface area (Å²) >= 11 is 2.45. The molecule has 0 saturated heterocycles. The molecule has 3 heterocycles. The van der Waals surface area contributed by atoms with Gasteiger partial charge in [0.25, 0.3) is 11.6 Å². The molecule has 0 saturated carbocycles. The third kappa shape index (κ3) is 3.47. The van der Waals surface area contributed by atoms with Gasteiger partial charge in [0, 0.05) is 12.1 Å². The molecule has 2 aromatic heterocycles. The largest absolute Gasteiger partial charge is 0.503 e. The fourth-order valence-corrected chi connectivity index (χ4v) is 6.01. The molecule has 0 aliphatic carbocycles. The first-order valence-corrected chi connectivity index (χ1v) is 11.9. The molecule has 4 aromatic rings. The number of nitro benzene ring substituents is 1. The summed E-state index contributed by atoms with van der Waals surface area (Å²) in [4.78, 5) is 43.8. The van der Waals surface area contributed by atoms with Crippen molar-refractivity contribution in [3.05, 3.63) is 96.9 Å². The van der Waals surface area contributed by atoms with Gasteiger partial charge in [-0.25, -0.2) is 4.98 Å². The first-order valence-electron chi connectivity index (χ1n) is 10.2. The average molecular weight is 492 g/mol.